The maximum Gasteiger partial charge on any atom is 0.0804 e. The molecule has 0 amide bonds. The van der Waals surface area contributed by atoms with Crippen molar-refractivity contribution in [2.24, 2.45) is 0 Å². The summed E-state index contributed by atoms with van der Waals surface area (Å²) in [5.41, 5.74) is 4.07. The van der Waals surface area contributed by atoms with Crippen molar-refractivity contribution in [3.63, 3.8) is 0 Å². The molecule has 4 heteroatoms. The fourth-order valence-electron chi connectivity index (χ4n) is 4.35. The summed E-state index contributed by atoms with van der Waals surface area (Å²) in [6.45, 7) is 6.81. The molecule has 3 nitrogen and oxygen atoms in total. The van der Waals surface area contributed by atoms with E-state index < -0.39 is 0 Å². The second-order valence-electron chi connectivity index (χ2n) is 7.33. The molecule has 2 aliphatic heterocycles. The Kier molecular flexibility index (Phi) is 4.91. The normalized spacial score (nSPS) is 24.1. The van der Waals surface area contributed by atoms with Gasteiger partial charge in [0.1, 0.15) is 0 Å². The first kappa shape index (κ1) is 16.8. The van der Waals surface area contributed by atoms with Crippen LogP contribution in [0.2, 0.25) is 0 Å². The van der Waals surface area contributed by atoms with Crippen LogP contribution in [-0.2, 0) is 6.42 Å². The summed E-state index contributed by atoms with van der Waals surface area (Å²) in [5.74, 6) is 0. The first-order valence-corrected chi connectivity index (χ1v) is 10.2. The first-order chi connectivity index (χ1) is 12.2. The molecule has 132 valence electrons. The summed E-state index contributed by atoms with van der Waals surface area (Å²) >= 11 is 1.89. The molecule has 2 aromatic heterocycles. The van der Waals surface area contributed by atoms with Crippen LogP contribution in [0.15, 0.2) is 48.2 Å². The summed E-state index contributed by atoms with van der Waals surface area (Å²) in [5, 5.41) is 2.24. The lowest BCUT2D eigenvalue weighted by Gasteiger charge is -2.41. The van der Waals surface area contributed by atoms with Gasteiger partial charge < -0.3 is 9.80 Å². The van der Waals surface area contributed by atoms with Gasteiger partial charge in [0.15, 0.2) is 0 Å². The Morgan fingerprint density at radius 3 is 2.88 bits per heavy atom. The van der Waals surface area contributed by atoms with Gasteiger partial charge in [-0.2, -0.15) is 0 Å². The zero-order chi connectivity index (χ0) is 17.2. The van der Waals surface area contributed by atoms with Crippen molar-refractivity contribution in [1.82, 2.24) is 14.8 Å². The molecule has 4 rings (SSSR count). The third-order valence-corrected chi connectivity index (χ3v) is 6.78. The van der Waals surface area contributed by atoms with E-state index >= 15 is 0 Å². The lowest BCUT2D eigenvalue weighted by Crippen LogP contribution is -2.40. The number of aromatic nitrogens is 1. The molecule has 0 aliphatic carbocycles. The minimum absolute atomic E-state index is 0.291. The van der Waals surface area contributed by atoms with Crippen LogP contribution in [0.5, 0.6) is 0 Å². The maximum absolute atomic E-state index is 4.53. The highest BCUT2D eigenvalue weighted by Crippen LogP contribution is 2.40. The molecule has 1 fully saturated rings. The van der Waals surface area contributed by atoms with Gasteiger partial charge in [-0.05, 0) is 67.6 Å². The SMILES string of the molecule is C=C(CC1CCCCN1C)N1CCc2sccc2C1c1ccncc1. The summed E-state index contributed by atoms with van der Waals surface area (Å²) in [4.78, 5) is 10.8. The van der Waals surface area contributed by atoms with Crippen LogP contribution in [0.3, 0.4) is 0 Å². The quantitative estimate of drug-likeness (QED) is 0.808. The molecule has 0 bridgehead atoms. The van der Waals surface area contributed by atoms with E-state index in [-0.39, 0.29) is 0 Å². The van der Waals surface area contributed by atoms with E-state index in [1.165, 1.54) is 47.5 Å². The lowest BCUT2D eigenvalue weighted by atomic mass is 9.91. The molecule has 2 unspecified atom stereocenters. The molecule has 0 N–H and O–H groups in total. The summed E-state index contributed by atoms with van der Waals surface area (Å²) < 4.78 is 0. The van der Waals surface area contributed by atoms with Gasteiger partial charge in [0, 0.05) is 42.0 Å². The summed E-state index contributed by atoms with van der Waals surface area (Å²) in [6.07, 6.45) is 10.0. The molecule has 0 spiro atoms. The van der Waals surface area contributed by atoms with Crippen LogP contribution in [-0.4, -0.2) is 41.0 Å². The Labute approximate surface area is 155 Å². The van der Waals surface area contributed by atoms with Gasteiger partial charge in [0.05, 0.1) is 6.04 Å². The van der Waals surface area contributed by atoms with Crippen molar-refractivity contribution in [3.05, 3.63) is 64.3 Å². The number of nitrogens with zero attached hydrogens (tertiary/aromatic N) is 3. The summed E-state index contributed by atoms with van der Waals surface area (Å²) in [6, 6.07) is 7.55. The Morgan fingerprint density at radius 2 is 2.08 bits per heavy atom. The molecule has 2 aliphatic rings. The van der Waals surface area contributed by atoms with Gasteiger partial charge >= 0.3 is 0 Å². The lowest BCUT2D eigenvalue weighted by molar-refractivity contribution is 0.166. The predicted octanol–water partition coefficient (Wildman–Crippen LogP) is 4.48. The summed E-state index contributed by atoms with van der Waals surface area (Å²) in [7, 11) is 2.27. The molecule has 0 radical (unpaired) electrons. The number of pyridine rings is 1. The third-order valence-electron chi connectivity index (χ3n) is 5.79. The van der Waals surface area contributed by atoms with Crippen molar-refractivity contribution in [2.75, 3.05) is 20.1 Å². The van der Waals surface area contributed by atoms with Crippen LogP contribution in [0.25, 0.3) is 0 Å². The highest BCUT2D eigenvalue weighted by molar-refractivity contribution is 7.10. The number of fused-ring (bicyclic) bond motifs is 1. The third kappa shape index (κ3) is 3.38. The van der Waals surface area contributed by atoms with E-state index in [4.69, 9.17) is 0 Å². The van der Waals surface area contributed by atoms with E-state index in [1.807, 2.05) is 23.7 Å². The average molecular weight is 354 g/mol. The molecular weight excluding hydrogens is 326 g/mol. The van der Waals surface area contributed by atoms with Crippen LogP contribution in [0, 0.1) is 0 Å². The highest BCUT2D eigenvalue weighted by Gasteiger charge is 2.31. The Bertz CT molecular complexity index is 724. The van der Waals surface area contributed by atoms with Crippen molar-refractivity contribution in [1.29, 1.82) is 0 Å². The van der Waals surface area contributed by atoms with E-state index in [0.717, 1.165) is 19.4 Å². The Morgan fingerprint density at radius 1 is 1.24 bits per heavy atom. The van der Waals surface area contributed by atoms with Gasteiger partial charge in [-0.1, -0.05) is 13.0 Å². The fraction of sp³-hybridized carbons (Fsp3) is 0.476. The average Bonchev–Trinajstić information content (AvgIpc) is 3.12. The van der Waals surface area contributed by atoms with Crippen molar-refractivity contribution in [3.8, 4) is 0 Å². The van der Waals surface area contributed by atoms with E-state index in [2.05, 4.69) is 52.0 Å². The molecule has 25 heavy (non-hydrogen) atoms. The molecule has 2 atom stereocenters. The second-order valence-corrected chi connectivity index (χ2v) is 8.33. The Balaban J connectivity index is 1.60. The fourth-order valence-corrected chi connectivity index (χ4v) is 5.26. The smallest absolute Gasteiger partial charge is 0.0804 e. The van der Waals surface area contributed by atoms with Crippen molar-refractivity contribution >= 4 is 11.3 Å². The van der Waals surface area contributed by atoms with E-state index in [9.17, 15) is 0 Å². The van der Waals surface area contributed by atoms with Crippen LogP contribution >= 0.6 is 11.3 Å². The van der Waals surface area contributed by atoms with Crippen LogP contribution in [0.4, 0.5) is 0 Å². The largest absolute Gasteiger partial charge is 0.364 e. The van der Waals surface area contributed by atoms with Crippen LogP contribution in [0.1, 0.15) is 47.7 Å². The molecule has 0 aromatic carbocycles. The first-order valence-electron chi connectivity index (χ1n) is 9.35. The topological polar surface area (TPSA) is 19.4 Å². The van der Waals surface area contributed by atoms with Gasteiger partial charge in [-0.15, -0.1) is 11.3 Å². The molecule has 2 aromatic rings. The van der Waals surface area contributed by atoms with Gasteiger partial charge in [-0.25, -0.2) is 0 Å². The number of hydrogen-bond acceptors (Lipinski definition) is 4. The number of piperidine rings is 1. The number of rotatable bonds is 4. The standard InChI is InChI=1S/C21H27N3S/c1-16(15-18-5-3-4-12-23(18)2)24-13-8-20-19(9-14-25-20)21(24)17-6-10-22-11-7-17/h6-7,9-11,14,18,21H,1,3-5,8,12-13,15H2,2H3. The monoisotopic (exact) mass is 353 g/mol. The van der Waals surface area contributed by atoms with Crippen LogP contribution < -0.4 is 0 Å². The van der Waals surface area contributed by atoms with Crippen molar-refractivity contribution in [2.45, 2.75) is 44.2 Å². The minimum Gasteiger partial charge on any atom is -0.364 e. The number of hydrogen-bond donors (Lipinski definition) is 0. The van der Waals surface area contributed by atoms with E-state index in [0.29, 0.717) is 12.1 Å². The maximum atomic E-state index is 4.53. The molecule has 4 heterocycles. The number of likely N-dealkylation sites (tertiary alicyclic amines) is 1. The van der Waals surface area contributed by atoms with Gasteiger partial charge in [-0.3, -0.25) is 4.98 Å². The van der Waals surface area contributed by atoms with Gasteiger partial charge in [0.25, 0.3) is 0 Å². The zero-order valence-electron chi connectivity index (χ0n) is 15.0. The molecule has 1 saturated heterocycles. The Hall–Kier alpha value is -1.65. The highest BCUT2D eigenvalue weighted by atomic mass is 32.1. The zero-order valence-corrected chi connectivity index (χ0v) is 15.8. The van der Waals surface area contributed by atoms with Gasteiger partial charge in [0.2, 0.25) is 0 Å². The predicted molar refractivity (Wildman–Crippen MR) is 105 cm³/mol. The number of thiophene rings is 1. The minimum atomic E-state index is 0.291. The second kappa shape index (κ2) is 7.30. The van der Waals surface area contributed by atoms with Crippen molar-refractivity contribution < 1.29 is 0 Å². The molecular formula is C21H27N3S. The van der Waals surface area contributed by atoms with E-state index in [1.54, 1.807) is 0 Å². The molecule has 0 saturated carbocycles.